The van der Waals surface area contributed by atoms with E-state index in [9.17, 15) is 14.0 Å². The molecule has 0 aliphatic heterocycles. The molecule has 0 radical (unpaired) electrons. The summed E-state index contributed by atoms with van der Waals surface area (Å²) in [5.74, 6) is -0.803. The third-order valence-corrected chi connectivity index (χ3v) is 2.44. The highest BCUT2D eigenvalue weighted by Crippen LogP contribution is 2.21. The first-order chi connectivity index (χ1) is 9.23. The summed E-state index contributed by atoms with van der Waals surface area (Å²) in [7, 11) is 0. The summed E-state index contributed by atoms with van der Waals surface area (Å²) in [6.07, 6.45) is 0.244. The molecule has 0 aromatic heterocycles. The van der Waals surface area contributed by atoms with Crippen molar-refractivity contribution >= 4 is 11.7 Å². The molecule has 0 saturated carbocycles. The predicted molar refractivity (Wildman–Crippen MR) is 74.4 cm³/mol. The molecule has 110 valence electrons. The topological polar surface area (TPSA) is 55.4 Å². The van der Waals surface area contributed by atoms with Crippen molar-refractivity contribution in [3.05, 3.63) is 29.6 Å². The molecule has 1 amide bonds. The van der Waals surface area contributed by atoms with Crippen LogP contribution in [0.4, 0.5) is 4.39 Å². The zero-order valence-corrected chi connectivity index (χ0v) is 12.2. The Labute approximate surface area is 118 Å². The van der Waals surface area contributed by atoms with Gasteiger partial charge in [-0.15, -0.1) is 0 Å². The summed E-state index contributed by atoms with van der Waals surface area (Å²) in [6, 6.07) is 3.69. The number of hydrogen-bond acceptors (Lipinski definition) is 3. The van der Waals surface area contributed by atoms with Gasteiger partial charge >= 0.3 is 0 Å². The number of halogens is 1. The zero-order valence-electron chi connectivity index (χ0n) is 12.2. The average molecular weight is 281 g/mol. The molecule has 0 atom stereocenters. The molecule has 0 fully saturated rings. The Hall–Kier alpha value is -1.91. The van der Waals surface area contributed by atoms with E-state index >= 15 is 0 Å². The van der Waals surface area contributed by atoms with Gasteiger partial charge < -0.3 is 10.1 Å². The lowest BCUT2D eigenvalue weighted by molar-refractivity contribution is -0.124. The summed E-state index contributed by atoms with van der Waals surface area (Å²) in [5, 5.41) is 2.74. The van der Waals surface area contributed by atoms with Crippen LogP contribution >= 0.6 is 0 Å². The molecule has 0 heterocycles. The second-order valence-electron chi connectivity index (χ2n) is 5.50. The van der Waals surface area contributed by atoms with Gasteiger partial charge in [-0.1, -0.05) is 6.92 Å². The number of ether oxygens (including phenoxy) is 1. The van der Waals surface area contributed by atoms with Crippen molar-refractivity contribution in [2.24, 2.45) is 0 Å². The fourth-order valence-corrected chi connectivity index (χ4v) is 1.63. The molecular formula is C15H20FNO3. The van der Waals surface area contributed by atoms with E-state index in [1.54, 1.807) is 6.92 Å². The molecule has 1 aromatic rings. The van der Waals surface area contributed by atoms with Crippen molar-refractivity contribution in [3.8, 4) is 5.75 Å². The highest BCUT2D eigenvalue weighted by Gasteiger charge is 2.16. The highest BCUT2D eigenvalue weighted by atomic mass is 19.1. The van der Waals surface area contributed by atoms with Gasteiger partial charge in [-0.05, 0) is 39.0 Å². The monoisotopic (exact) mass is 281 g/mol. The highest BCUT2D eigenvalue weighted by molar-refractivity contribution is 5.98. The van der Waals surface area contributed by atoms with E-state index in [0.717, 1.165) is 6.07 Å². The molecule has 20 heavy (non-hydrogen) atoms. The smallest absolute Gasteiger partial charge is 0.258 e. The first-order valence-corrected chi connectivity index (χ1v) is 6.49. The van der Waals surface area contributed by atoms with Crippen LogP contribution in [0.15, 0.2) is 18.2 Å². The lowest BCUT2D eigenvalue weighted by Crippen LogP contribution is -2.43. The molecular weight excluding hydrogens is 261 g/mol. The number of nitrogens with one attached hydrogen (secondary N) is 1. The van der Waals surface area contributed by atoms with Gasteiger partial charge in [-0.3, -0.25) is 9.59 Å². The standard InChI is InChI=1S/C15H20FNO3/c1-5-12(18)11-8-10(16)6-7-13(11)20-9-14(19)17-15(2,3)4/h6-8H,5,9H2,1-4H3,(H,17,19). The molecule has 1 N–H and O–H groups in total. The van der Waals surface area contributed by atoms with Crippen LogP contribution in [0.5, 0.6) is 5.75 Å². The van der Waals surface area contributed by atoms with E-state index in [4.69, 9.17) is 4.74 Å². The van der Waals surface area contributed by atoms with Crippen LogP contribution in [0, 0.1) is 5.82 Å². The second-order valence-corrected chi connectivity index (χ2v) is 5.50. The summed E-state index contributed by atoms with van der Waals surface area (Å²) >= 11 is 0. The van der Waals surface area contributed by atoms with Crippen LogP contribution in [0.25, 0.3) is 0 Å². The van der Waals surface area contributed by atoms with E-state index < -0.39 is 5.82 Å². The molecule has 5 heteroatoms. The summed E-state index contributed by atoms with van der Waals surface area (Å²) < 4.78 is 18.5. The predicted octanol–water partition coefficient (Wildman–Crippen LogP) is 2.71. The van der Waals surface area contributed by atoms with Crippen molar-refractivity contribution in [2.75, 3.05) is 6.61 Å². The number of rotatable bonds is 5. The van der Waals surface area contributed by atoms with E-state index in [2.05, 4.69) is 5.32 Å². The second kappa shape index (κ2) is 6.50. The van der Waals surface area contributed by atoms with E-state index in [-0.39, 0.29) is 41.6 Å². The normalized spacial score (nSPS) is 11.1. The van der Waals surface area contributed by atoms with Gasteiger partial charge in [0.05, 0.1) is 5.56 Å². The molecule has 1 aromatic carbocycles. The fraction of sp³-hybridized carbons (Fsp3) is 0.467. The Kier molecular flexibility index (Phi) is 5.25. The van der Waals surface area contributed by atoms with Gasteiger partial charge in [0.25, 0.3) is 5.91 Å². The number of Topliss-reactive ketones (excluding diaryl/α,β-unsaturated/α-hetero) is 1. The minimum Gasteiger partial charge on any atom is -0.483 e. The number of amides is 1. The van der Waals surface area contributed by atoms with Crippen LogP contribution in [0.3, 0.4) is 0 Å². The van der Waals surface area contributed by atoms with Crippen molar-refractivity contribution in [3.63, 3.8) is 0 Å². The number of carbonyl (C=O) groups is 2. The molecule has 4 nitrogen and oxygen atoms in total. The maximum absolute atomic E-state index is 13.2. The third kappa shape index (κ3) is 4.99. The average Bonchev–Trinajstić information content (AvgIpc) is 2.34. The fourth-order valence-electron chi connectivity index (χ4n) is 1.63. The maximum atomic E-state index is 13.2. The first-order valence-electron chi connectivity index (χ1n) is 6.49. The Bertz CT molecular complexity index is 506. The van der Waals surface area contributed by atoms with Crippen LogP contribution in [0.2, 0.25) is 0 Å². The minimum absolute atomic E-state index is 0.163. The largest absolute Gasteiger partial charge is 0.483 e. The van der Waals surface area contributed by atoms with Gasteiger partial charge in [0, 0.05) is 12.0 Å². The maximum Gasteiger partial charge on any atom is 0.258 e. The van der Waals surface area contributed by atoms with Gasteiger partial charge in [0.15, 0.2) is 12.4 Å². The molecule has 0 spiro atoms. The first kappa shape index (κ1) is 16.1. The Balaban J connectivity index is 2.78. The molecule has 0 aliphatic rings. The Morgan fingerprint density at radius 2 is 1.95 bits per heavy atom. The van der Waals surface area contributed by atoms with Gasteiger partial charge in [-0.2, -0.15) is 0 Å². The quantitative estimate of drug-likeness (QED) is 0.844. The molecule has 0 saturated heterocycles. The van der Waals surface area contributed by atoms with E-state index in [1.165, 1.54) is 12.1 Å². The number of carbonyl (C=O) groups excluding carboxylic acids is 2. The Morgan fingerprint density at radius 3 is 2.50 bits per heavy atom. The Morgan fingerprint density at radius 1 is 1.30 bits per heavy atom. The van der Waals surface area contributed by atoms with Crippen LogP contribution in [-0.4, -0.2) is 23.8 Å². The van der Waals surface area contributed by atoms with E-state index in [1.807, 2.05) is 20.8 Å². The summed E-state index contributed by atoms with van der Waals surface area (Å²) in [5.41, 5.74) is -0.193. The van der Waals surface area contributed by atoms with Crippen molar-refractivity contribution < 1.29 is 18.7 Å². The van der Waals surface area contributed by atoms with Crippen molar-refractivity contribution in [1.29, 1.82) is 0 Å². The van der Waals surface area contributed by atoms with Crippen LogP contribution < -0.4 is 10.1 Å². The number of hydrogen-bond donors (Lipinski definition) is 1. The van der Waals surface area contributed by atoms with Crippen molar-refractivity contribution in [2.45, 2.75) is 39.7 Å². The lowest BCUT2D eigenvalue weighted by atomic mass is 10.1. The van der Waals surface area contributed by atoms with Gasteiger partial charge in [-0.25, -0.2) is 4.39 Å². The van der Waals surface area contributed by atoms with E-state index in [0.29, 0.717) is 0 Å². The molecule has 1 rings (SSSR count). The zero-order chi connectivity index (χ0) is 15.3. The number of benzene rings is 1. The summed E-state index contributed by atoms with van der Waals surface area (Å²) in [6.45, 7) is 7.04. The van der Waals surface area contributed by atoms with Gasteiger partial charge in [0.1, 0.15) is 11.6 Å². The van der Waals surface area contributed by atoms with Crippen molar-refractivity contribution in [1.82, 2.24) is 5.32 Å². The van der Waals surface area contributed by atoms with Crippen LogP contribution in [0.1, 0.15) is 44.5 Å². The minimum atomic E-state index is -0.506. The molecule has 0 bridgehead atoms. The lowest BCUT2D eigenvalue weighted by Gasteiger charge is -2.20. The third-order valence-electron chi connectivity index (χ3n) is 2.44. The molecule has 0 aliphatic carbocycles. The number of ketones is 1. The van der Waals surface area contributed by atoms with Gasteiger partial charge in [0.2, 0.25) is 0 Å². The summed E-state index contributed by atoms with van der Waals surface area (Å²) in [4.78, 5) is 23.4. The molecule has 0 unspecified atom stereocenters. The SMILES string of the molecule is CCC(=O)c1cc(F)ccc1OCC(=O)NC(C)(C)C. The van der Waals surface area contributed by atoms with Crippen LogP contribution in [-0.2, 0) is 4.79 Å².